The summed E-state index contributed by atoms with van der Waals surface area (Å²) >= 11 is 1.26. The van der Waals surface area contributed by atoms with E-state index in [1.807, 2.05) is 0 Å². The molecule has 0 bridgehead atoms. The molecule has 1 fully saturated rings. The van der Waals surface area contributed by atoms with Crippen LogP contribution in [0.5, 0.6) is 0 Å². The maximum atomic E-state index is 11.9. The van der Waals surface area contributed by atoms with Gasteiger partial charge in [0.05, 0.1) is 26.7 Å². The van der Waals surface area contributed by atoms with E-state index < -0.39 is 0 Å². The number of halogens is 1. The van der Waals surface area contributed by atoms with E-state index in [1.54, 1.807) is 0 Å². The number of rotatable bonds is 6. The summed E-state index contributed by atoms with van der Waals surface area (Å²) in [6, 6.07) is 0.0328. The molecule has 1 aliphatic heterocycles. The van der Waals surface area contributed by atoms with Crippen LogP contribution in [0.3, 0.4) is 0 Å². The quantitative estimate of drug-likeness (QED) is 0.715. The number of aryl methyl sites for hydroxylation is 1. The first kappa shape index (κ1) is 18.8. The number of esters is 1. The minimum absolute atomic E-state index is 0. The molecule has 1 aromatic heterocycles. The first-order valence-corrected chi connectivity index (χ1v) is 7.49. The SMILES string of the molecule is COC(=O)CCc1nnc(NC(=O)CC2COCCN2)s1.Cl. The number of hydrogen-bond acceptors (Lipinski definition) is 8. The van der Waals surface area contributed by atoms with Crippen molar-refractivity contribution in [3.05, 3.63) is 5.01 Å². The van der Waals surface area contributed by atoms with Crippen LogP contribution >= 0.6 is 23.7 Å². The smallest absolute Gasteiger partial charge is 0.305 e. The molecule has 0 saturated carbocycles. The number of amides is 1. The lowest BCUT2D eigenvalue weighted by Crippen LogP contribution is -2.43. The second-order valence-corrected chi connectivity index (χ2v) is 5.62. The van der Waals surface area contributed by atoms with Crippen LogP contribution in [-0.4, -0.2) is 55.0 Å². The minimum Gasteiger partial charge on any atom is -0.469 e. The zero-order valence-corrected chi connectivity index (χ0v) is 13.8. The minimum atomic E-state index is -0.292. The Balaban J connectivity index is 0.00000242. The Morgan fingerprint density at radius 1 is 1.50 bits per heavy atom. The fraction of sp³-hybridized carbons (Fsp3) is 0.667. The molecule has 1 unspecified atom stereocenters. The van der Waals surface area contributed by atoms with Crippen LogP contribution in [0, 0.1) is 0 Å². The normalized spacial score (nSPS) is 17.4. The number of nitrogens with one attached hydrogen (secondary N) is 2. The highest BCUT2D eigenvalue weighted by molar-refractivity contribution is 7.15. The predicted molar refractivity (Wildman–Crippen MR) is 83.4 cm³/mol. The Kier molecular flexibility index (Phi) is 8.25. The second kappa shape index (κ2) is 9.67. The molecule has 124 valence electrons. The summed E-state index contributed by atoms with van der Waals surface area (Å²) in [5.41, 5.74) is 0. The van der Waals surface area contributed by atoms with Crippen molar-refractivity contribution in [2.45, 2.75) is 25.3 Å². The third kappa shape index (κ3) is 6.22. The maximum absolute atomic E-state index is 11.9. The van der Waals surface area contributed by atoms with E-state index in [0.717, 1.165) is 6.54 Å². The molecule has 0 aromatic carbocycles. The van der Waals surface area contributed by atoms with E-state index >= 15 is 0 Å². The number of nitrogens with zero attached hydrogens (tertiary/aromatic N) is 2. The van der Waals surface area contributed by atoms with Gasteiger partial charge in [-0.05, 0) is 0 Å². The molecule has 8 nitrogen and oxygen atoms in total. The topological polar surface area (TPSA) is 102 Å². The van der Waals surface area contributed by atoms with Crippen molar-refractivity contribution in [1.82, 2.24) is 15.5 Å². The summed E-state index contributed by atoms with van der Waals surface area (Å²) in [5.74, 6) is -0.423. The predicted octanol–water partition coefficient (Wildman–Crippen LogP) is 0.382. The largest absolute Gasteiger partial charge is 0.469 e. The van der Waals surface area contributed by atoms with Gasteiger partial charge in [0.15, 0.2) is 0 Å². The highest BCUT2D eigenvalue weighted by Gasteiger charge is 2.18. The van der Waals surface area contributed by atoms with Gasteiger partial charge in [-0.3, -0.25) is 9.59 Å². The van der Waals surface area contributed by atoms with Gasteiger partial charge >= 0.3 is 5.97 Å². The van der Waals surface area contributed by atoms with Crippen molar-refractivity contribution in [2.75, 3.05) is 32.2 Å². The van der Waals surface area contributed by atoms with Gasteiger partial charge in [-0.15, -0.1) is 22.6 Å². The lowest BCUT2D eigenvalue weighted by molar-refractivity contribution is -0.140. The molecule has 1 saturated heterocycles. The van der Waals surface area contributed by atoms with Crippen LogP contribution in [0.15, 0.2) is 0 Å². The van der Waals surface area contributed by atoms with E-state index in [9.17, 15) is 9.59 Å². The summed E-state index contributed by atoms with van der Waals surface area (Å²) in [6.45, 7) is 1.97. The zero-order chi connectivity index (χ0) is 15.1. The first-order chi connectivity index (χ1) is 10.2. The van der Waals surface area contributed by atoms with Crippen LogP contribution in [0.2, 0.25) is 0 Å². The molecular formula is C12H19ClN4O4S. The molecule has 0 aliphatic carbocycles. The molecule has 1 atom stereocenters. The summed E-state index contributed by atoms with van der Waals surface area (Å²) in [4.78, 5) is 22.9. The Bertz CT molecular complexity index is 493. The number of morpholine rings is 1. The van der Waals surface area contributed by atoms with Gasteiger partial charge < -0.3 is 20.1 Å². The number of methoxy groups -OCH3 is 1. The van der Waals surface area contributed by atoms with Crippen molar-refractivity contribution < 1.29 is 19.1 Å². The Morgan fingerprint density at radius 3 is 3.00 bits per heavy atom. The average Bonchev–Trinajstić information content (AvgIpc) is 2.93. The number of aromatic nitrogens is 2. The molecular weight excluding hydrogens is 332 g/mol. The molecule has 22 heavy (non-hydrogen) atoms. The van der Waals surface area contributed by atoms with E-state index in [0.29, 0.717) is 36.2 Å². The average molecular weight is 351 g/mol. The lowest BCUT2D eigenvalue weighted by Gasteiger charge is -2.22. The Labute approximate surface area is 138 Å². The molecule has 2 rings (SSSR count). The number of anilines is 1. The summed E-state index contributed by atoms with van der Waals surface area (Å²) in [5, 5.41) is 14.9. The summed E-state index contributed by atoms with van der Waals surface area (Å²) in [6.07, 6.45) is 1.04. The Hall–Kier alpha value is -1.29. The summed E-state index contributed by atoms with van der Waals surface area (Å²) in [7, 11) is 1.34. The van der Waals surface area contributed by atoms with Gasteiger partial charge in [0.1, 0.15) is 5.01 Å². The highest BCUT2D eigenvalue weighted by Crippen LogP contribution is 2.17. The van der Waals surface area contributed by atoms with Crippen LogP contribution < -0.4 is 10.6 Å². The van der Waals surface area contributed by atoms with Crippen molar-refractivity contribution in [3.8, 4) is 0 Å². The molecule has 2 N–H and O–H groups in total. The van der Waals surface area contributed by atoms with E-state index in [2.05, 4.69) is 25.6 Å². The van der Waals surface area contributed by atoms with Gasteiger partial charge in [-0.1, -0.05) is 11.3 Å². The fourth-order valence-corrected chi connectivity index (χ4v) is 2.62. The van der Waals surface area contributed by atoms with Gasteiger partial charge in [-0.2, -0.15) is 0 Å². The number of carbonyl (C=O) groups is 2. The monoisotopic (exact) mass is 350 g/mol. The number of carbonyl (C=O) groups excluding carboxylic acids is 2. The Morgan fingerprint density at radius 2 is 2.32 bits per heavy atom. The molecule has 1 aliphatic rings. The van der Waals surface area contributed by atoms with E-state index in [-0.39, 0.29) is 36.7 Å². The van der Waals surface area contributed by atoms with Gasteiger partial charge in [0, 0.05) is 25.4 Å². The van der Waals surface area contributed by atoms with Crippen LogP contribution in [0.25, 0.3) is 0 Å². The zero-order valence-electron chi connectivity index (χ0n) is 12.2. The van der Waals surface area contributed by atoms with Gasteiger partial charge in [0.2, 0.25) is 11.0 Å². The van der Waals surface area contributed by atoms with Gasteiger partial charge in [-0.25, -0.2) is 0 Å². The maximum Gasteiger partial charge on any atom is 0.305 e. The lowest BCUT2D eigenvalue weighted by atomic mass is 10.2. The van der Waals surface area contributed by atoms with E-state index in [1.165, 1.54) is 18.4 Å². The first-order valence-electron chi connectivity index (χ1n) is 6.67. The third-order valence-electron chi connectivity index (χ3n) is 2.91. The van der Waals surface area contributed by atoms with Crippen LogP contribution in [-0.2, 0) is 25.5 Å². The summed E-state index contributed by atoms with van der Waals surface area (Å²) < 4.78 is 9.85. The standard InChI is InChI=1S/C12H18N4O4S.ClH/c1-19-11(18)3-2-10-15-16-12(21-10)14-9(17)6-8-7-20-5-4-13-8;/h8,13H,2-7H2,1H3,(H,14,16,17);1H. The van der Waals surface area contributed by atoms with Crippen molar-refractivity contribution in [3.63, 3.8) is 0 Å². The molecule has 2 heterocycles. The van der Waals surface area contributed by atoms with Crippen molar-refractivity contribution in [2.24, 2.45) is 0 Å². The highest BCUT2D eigenvalue weighted by atomic mass is 35.5. The number of hydrogen-bond donors (Lipinski definition) is 2. The van der Waals surface area contributed by atoms with Crippen molar-refractivity contribution in [1.29, 1.82) is 0 Å². The van der Waals surface area contributed by atoms with Crippen molar-refractivity contribution >= 4 is 40.8 Å². The van der Waals surface area contributed by atoms with Crippen LogP contribution in [0.4, 0.5) is 5.13 Å². The van der Waals surface area contributed by atoms with Gasteiger partial charge in [0.25, 0.3) is 0 Å². The van der Waals surface area contributed by atoms with E-state index in [4.69, 9.17) is 4.74 Å². The third-order valence-corrected chi connectivity index (χ3v) is 3.81. The fourth-order valence-electron chi connectivity index (χ4n) is 1.86. The second-order valence-electron chi connectivity index (χ2n) is 4.56. The molecule has 10 heteroatoms. The van der Waals surface area contributed by atoms with Crippen LogP contribution in [0.1, 0.15) is 17.8 Å². The molecule has 0 spiro atoms. The molecule has 0 radical (unpaired) electrons. The number of ether oxygens (including phenoxy) is 2. The molecule has 1 amide bonds. The molecule has 1 aromatic rings.